The number of benzene rings is 5. The van der Waals surface area contributed by atoms with Crippen LogP contribution < -0.4 is 9.47 Å². The molecule has 250 valence electrons. The van der Waals surface area contributed by atoms with Crippen LogP contribution in [0.2, 0.25) is 0 Å². The molecule has 0 amide bonds. The lowest BCUT2D eigenvalue weighted by Gasteiger charge is -2.11. The average molecular weight is 699 g/mol. The van der Waals surface area contributed by atoms with E-state index in [1.165, 1.54) is 48.5 Å². The first-order valence-corrected chi connectivity index (χ1v) is 15.1. The van der Waals surface area contributed by atoms with Gasteiger partial charge in [-0.3, -0.25) is 0 Å². The monoisotopic (exact) mass is 698 g/mol. The molecule has 0 bridgehead atoms. The molecule has 6 nitrogen and oxygen atoms in total. The number of ether oxygens (including phenoxy) is 2. The normalized spacial score (nSPS) is 14.3. The fourth-order valence-corrected chi connectivity index (χ4v) is 6.56. The van der Waals surface area contributed by atoms with Crippen molar-refractivity contribution in [3.63, 3.8) is 0 Å². The van der Waals surface area contributed by atoms with Gasteiger partial charge in [0.25, 0.3) is 11.4 Å². The van der Waals surface area contributed by atoms with Gasteiger partial charge in [-0.1, -0.05) is 48.5 Å². The van der Waals surface area contributed by atoms with Gasteiger partial charge in [-0.15, -0.1) is 26.3 Å². The Bertz CT molecular complexity index is 2360. The molecule has 0 atom stereocenters. The number of halogens is 6. The van der Waals surface area contributed by atoms with Gasteiger partial charge < -0.3 is 9.47 Å². The van der Waals surface area contributed by atoms with Crippen molar-refractivity contribution in [2.75, 3.05) is 0 Å². The molecule has 0 saturated carbocycles. The molecule has 2 aliphatic carbocycles. The Hall–Kier alpha value is -7.28. The van der Waals surface area contributed by atoms with Crippen LogP contribution in [0.4, 0.5) is 26.3 Å². The summed E-state index contributed by atoms with van der Waals surface area (Å²) in [7, 11) is 0. The zero-order valence-electron chi connectivity index (χ0n) is 26.1. The van der Waals surface area contributed by atoms with E-state index >= 15 is 0 Å². The maximum atomic E-state index is 12.7. The summed E-state index contributed by atoms with van der Waals surface area (Å²) in [6.45, 7) is 15.6. The minimum atomic E-state index is -4.85. The second-order valence-corrected chi connectivity index (χ2v) is 11.5. The molecule has 2 aliphatic rings. The zero-order chi connectivity index (χ0) is 36.9. The van der Waals surface area contributed by atoms with E-state index in [2.05, 4.69) is 19.2 Å². The van der Waals surface area contributed by atoms with Crippen LogP contribution in [0.5, 0.6) is 11.5 Å². The molecular weight excluding hydrogens is 682 g/mol. The first-order valence-electron chi connectivity index (χ1n) is 15.1. The third-order valence-corrected chi connectivity index (χ3v) is 8.61. The Morgan fingerprint density at radius 2 is 0.788 bits per heavy atom. The fraction of sp³-hybridized carbons (Fsp3) is 0.0500. The predicted octanol–water partition coefficient (Wildman–Crippen LogP) is 11.2. The van der Waals surface area contributed by atoms with Gasteiger partial charge in [0.05, 0.1) is 25.3 Å². The molecule has 0 heterocycles. The number of fused-ring (bicyclic) bond motifs is 6. The van der Waals surface area contributed by atoms with Crippen molar-refractivity contribution in [2.24, 2.45) is 0 Å². The van der Waals surface area contributed by atoms with E-state index in [0.717, 1.165) is 0 Å². The molecule has 12 heteroatoms. The highest BCUT2D eigenvalue weighted by Gasteiger charge is 2.35. The summed E-state index contributed by atoms with van der Waals surface area (Å²) in [5.41, 5.74) is 7.45. The molecule has 52 heavy (non-hydrogen) atoms. The highest BCUT2D eigenvalue weighted by molar-refractivity contribution is 6.11. The largest absolute Gasteiger partial charge is 0.573 e. The number of hydrogen-bond donors (Lipinski definition) is 0. The van der Waals surface area contributed by atoms with Gasteiger partial charge >= 0.3 is 12.7 Å². The van der Waals surface area contributed by atoms with Gasteiger partial charge in [-0.2, -0.15) is 0 Å². The quantitative estimate of drug-likeness (QED) is 0.104. The molecule has 0 spiro atoms. The van der Waals surface area contributed by atoms with E-state index in [1.807, 2.05) is 12.1 Å². The summed E-state index contributed by atoms with van der Waals surface area (Å²) in [6, 6.07) is 28.7. The molecule has 0 N–H and O–H groups in total. The molecule has 0 fully saturated rings. The summed E-state index contributed by atoms with van der Waals surface area (Å²) in [4.78, 5) is 6.99. The zero-order valence-corrected chi connectivity index (χ0v) is 26.1. The van der Waals surface area contributed by atoms with Crippen molar-refractivity contribution < 1.29 is 35.8 Å². The summed E-state index contributed by atoms with van der Waals surface area (Å²) in [5, 5.41) is 20.0. The summed E-state index contributed by atoms with van der Waals surface area (Å²) < 4.78 is 84.2. The second kappa shape index (κ2) is 12.2. The maximum Gasteiger partial charge on any atom is 0.573 e. The van der Waals surface area contributed by atoms with Crippen molar-refractivity contribution in [2.45, 2.75) is 12.7 Å². The van der Waals surface area contributed by atoms with Crippen LogP contribution in [0.3, 0.4) is 0 Å². The molecule has 5 aromatic carbocycles. The second-order valence-electron chi connectivity index (χ2n) is 11.5. The van der Waals surface area contributed by atoms with Crippen LogP contribution in [0.15, 0.2) is 108 Å². The first kappa shape index (κ1) is 33.2. The van der Waals surface area contributed by atoms with Crippen LogP contribution in [0, 0.1) is 35.8 Å². The predicted molar refractivity (Wildman–Crippen MR) is 178 cm³/mol. The molecule has 7 rings (SSSR count). The molecular formula is C40H16F6N4O2. The van der Waals surface area contributed by atoms with Crippen LogP contribution in [-0.4, -0.2) is 12.7 Å². The van der Waals surface area contributed by atoms with Gasteiger partial charge in [0.2, 0.25) is 0 Å². The number of nitriles is 2. The Morgan fingerprint density at radius 3 is 1.10 bits per heavy atom. The third kappa shape index (κ3) is 5.85. The SMILES string of the molecule is [C-]#[N+]/C(C#N)=C1/c2cc(-c3ccc(OC(F)(F)F)cc3)ccc2-c2cc3c(cc21)-c1ccc(-c2ccc(OC(F)(F)F)cc2)cc1/C3=C(/C#N)[N+]#[C-]. The average Bonchev–Trinajstić information content (AvgIpc) is 3.59. The minimum Gasteiger partial charge on any atom is -0.406 e. The smallest absolute Gasteiger partial charge is 0.406 e. The Balaban J connectivity index is 1.36. The van der Waals surface area contributed by atoms with Crippen LogP contribution in [0.25, 0.3) is 65.3 Å². The van der Waals surface area contributed by atoms with Crippen LogP contribution >= 0.6 is 0 Å². The number of rotatable bonds is 4. The fourth-order valence-electron chi connectivity index (χ4n) is 6.56. The highest BCUT2D eigenvalue weighted by atomic mass is 19.4. The number of allylic oxidation sites excluding steroid dienone is 2. The van der Waals surface area contributed by atoms with Crippen LogP contribution in [0.1, 0.15) is 22.3 Å². The lowest BCUT2D eigenvalue weighted by molar-refractivity contribution is -0.275. The maximum absolute atomic E-state index is 12.7. The Morgan fingerprint density at radius 1 is 0.462 bits per heavy atom. The van der Waals surface area contributed by atoms with Crippen molar-refractivity contribution in [3.05, 3.63) is 154 Å². The van der Waals surface area contributed by atoms with Crippen LogP contribution in [-0.2, 0) is 0 Å². The standard InChI is InChI=1S/C40H16F6N4O2/c1-49-35(19-47)37-31-15-23(21-3-9-25(10-4-21)51-39(41,42)43)7-13-27(31)29-18-34-30(17-33(29)37)28-14-8-24(16-32(28)38(34)36(20-48)50-2)22-5-11-26(12-6-22)52-40(44,45)46/h3-18H/b37-35-,38-36+. The Kier molecular flexibility index (Phi) is 7.82. The molecule has 0 unspecified atom stereocenters. The number of alkyl halides is 6. The van der Waals surface area contributed by atoms with E-state index in [-0.39, 0.29) is 22.9 Å². The van der Waals surface area contributed by atoms with E-state index in [4.69, 9.17) is 13.1 Å². The summed E-state index contributed by atoms with van der Waals surface area (Å²) in [6.07, 6.45) is -9.70. The van der Waals surface area contributed by atoms with E-state index in [1.54, 1.807) is 48.5 Å². The highest BCUT2D eigenvalue weighted by Crippen LogP contribution is 2.54. The van der Waals surface area contributed by atoms with Crippen molar-refractivity contribution in [3.8, 4) is 68.1 Å². The number of nitrogens with zero attached hydrogens (tertiary/aromatic N) is 4. The Labute approximate surface area is 291 Å². The van der Waals surface area contributed by atoms with E-state index in [9.17, 15) is 36.9 Å². The first-order chi connectivity index (χ1) is 24.8. The van der Waals surface area contributed by atoms with E-state index in [0.29, 0.717) is 77.9 Å². The molecule has 0 aromatic heterocycles. The molecule has 0 saturated heterocycles. The van der Waals surface area contributed by atoms with Gasteiger partial charge in [-0.25, -0.2) is 20.2 Å². The van der Waals surface area contributed by atoms with Gasteiger partial charge in [0, 0.05) is 11.1 Å². The lowest BCUT2D eigenvalue weighted by atomic mass is 9.95. The third-order valence-electron chi connectivity index (χ3n) is 8.61. The summed E-state index contributed by atoms with van der Waals surface area (Å²) >= 11 is 0. The van der Waals surface area contributed by atoms with E-state index < -0.39 is 12.7 Å². The van der Waals surface area contributed by atoms with Crippen molar-refractivity contribution in [1.82, 2.24) is 0 Å². The molecule has 0 aliphatic heterocycles. The molecule has 0 radical (unpaired) electrons. The summed E-state index contributed by atoms with van der Waals surface area (Å²) in [5.74, 6) is -0.777. The van der Waals surface area contributed by atoms with Gasteiger partial charge in [0.15, 0.2) is 0 Å². The van der Waals surface area contributed by atoms with Crippen molar-refractivity contribution >= 4 is 11.1 Å². The van der Waals surface area contributed by atoms with Gasteiger partial charge in [-0.05, 0) is 115 Å². The van der Waals surface area contributed by atoms with Gasteiger partial charge in [0.1, 0.15) is 11.5 Å². The van der Waals surface area contributed by atoms with Crippen molar-refractivity contribution in [1.29, 1.82) is 10.5 Å². The number of hydrogen-bond acceptors (Lipinski definition) is 4. The minimum absolute atomic E-state index is 0.188. The topological polar surface area (TPSA) is 74.8 Å². The molecule has 5 aromatic rings. The lowest BCUT2D eigenvalue weighted by Crippen LogP contribution is -2.16.